The van der Waals surface area contributed by atoms with Crippen molar-refractivity contribution in [3.8, 4) is 0 Å². The number of rotatable bonds is 7. The first-order valence-corrected chi connectivity index (χ1v) is 13.8. The Morgan fingerprint density at radius 2 is 1.86 bits per heavy atom. The number of likely N-dealkylation sites (tertiary alicyclic amines) is 1. The van der Waals surface area contributed by atoms with Gasteiger partial charge in [-0.05, 0) is 30.9 Å². The van der Waals surface area contributed by atoms with E-state index in [1.165, 1.54) is 23.2 Å². The number of piperazine rings is 1. The maximum Gasteiger partial charge on any atom is 0.310 e. The number of ketones is 1. The van der Waals surface area contributed by atoms with E-state index in [2.05, 4.69) is 10.3 Å². The van der Waals surface area contributed by atoms with Crippen LogP contribution >= 0.6 is 0 Å². The fourth-order valence-corrected chi connectivity index (χ4v) is 6.86. The lowest BCUT2D eigenvalue weighted by atomic mass is 9.91. The smallest absolute Gasteiger partial charge is 0.310 e. The number of sulfonamides is 1. The minimum atomic E-state index is -4.49. The van der Waals surface area contributed by atoms with Crippen molar-refractivity contribution in [1.82, 2.24) is 24.4 Å². The van der Waals surface area contributed by atoms with Crippen LogP contribution in [0, 0.1) is 11.8 Å². The molecule has 3 unspecified atom stereocenters. The highest BCUT2D eigenvalue weighted by Gasteiger charge is 2.55. The van der Waals surface area contributed by atoms with Crippen LogP contribution < -0.4 is 5.32 Å². The van der Waals surface area contributed by atoms with Crippen LogP contribution in [0.4, 0.5) is 0 Å². The van der Waals surface area contributed by atoms with E-state index in [1.807, 2.05) is 13.8 Å². The topological polar surface area (TPSA) is 137 Å². The largest absolute Gasteiger partial charge is 0.340 e. The van der Waals surface area contributed by atoms with E-state index in [-0.39, 0.29) is 42.8 Å². The van der Waals surface area contributed by atoms with Crippen LogP contribution in [0.2, 0.25) is 0 Å². The summed E-state index contributed by atoms with van der Waals surface area (Å²) in [5, 5.41) is 2.03. The first-order chi connectivity index (χ1) is 17.1. The molecule has 36 heavy (non-hydrogen) atoms. The molecule has 0 aliphatic carbocycles. The summed E-state index contributed by atoms with van der Waals surface area (Å²) in [7, 11) is -4.49. The number of aromatic nitrogens is 1. The van der Waals surface area contributed by atoms with E-state index < -0.39 is 45.5 Å². The van der Waals surface area contributed by atoms with Crippen molar-refractivity contribution >= 4 is 32.7 Å². The number of hydrogen-bond donors (Lipinski definition) is 1. The summed E-state index contributed by atoms with van der Waals surface area (Å²) in [6.45, 7) is 6.27. The molecule has 1 aromatic rings. The molecule has 196 valence electrons. The Kier molecular flexibility index (Phi) is 7.86. The molecule has 1 aromatic heterocycles. The Morgan fingerprint density at radius 1 is 1.14 bits per heavy atom. The average Bonchev–Trinajstić information content (AvgIpc) is 3.45. The molecular formula is C24H33N5O6S. The van der Waals surface area contributed by atoms with Crippen LogP contribution in [-0.4, -0.2) is 102 Å². The van der Waals surface area contributed by atoms with Crippen molar-refractivity contribution in [3.63, 3.8) is 0 Å². The van der Waals surface area contributed by atoms with E-state index in [0.717, 1.165) is 4.31 Å². The minimum Gasteiger partial charge on any atom is -0.340 e. The fourth-order valence-electron chi connectivity index (χ4n) is 5.39. The number of Topliss-reactive ketones (excluding diaryl/α,β-unsaturated/α-hetero) is 1. The monoisotopic (exact) mass is 519 g/mol. The summed E-state index contributed by atoms with van der Waals surface area (Å²) >= 11 is 0. The predicted octanol–water partition coefficient (Wildman–Crippen LogP) is -0.110. The lowest BCUT2D eigenvalue weighted by Gasteiger charge is -2.31. The summed E-state index contributed by atoms with van der Waals surface area (Å²) in [6.07, 6.45) is 2.11. The van der Waals surface area contributed by atoms with Gasteiger partial charge in [-0.3, -0.25) is 24.2 Å². The summed E-state index contributed by atoms with van der Waals surface area (Å²) in [6, 6.07) is 2.64. The Labute approximate surface area is 211 Å². The number of carbonyl (C=O) groups is 4. The molecule has 2 amide bonds. The molecule has 0 aromatic carbocycles. The fraction of sp³-hybridized carbons (Fsp3) is 0.625. The molecule has 0 radical (unpaired) electrons. The third-order valence-electron chi connectivity index (χ3n) is 7.07. The molecular weight excluding hydrogens is 486 g/mol. The van der Waals surface area contributed by atoms with Crippen LogP contribution in [0.5, 0.6) is 0 Å². The van der Waals surface area contributed by atoms with E-state index in [4.69, 9.17) is 0 Å². The Bertz CT molecular complexity index is 1120. The second-order valence-electron chi connectivity index (χ2n) is 10.0. The number of carbonyl (C=O) groups excluding carboxylic acids is 4. The summed E-state index contributed by atoms with van der Waals surface area (Å²) in [5.74, 6) is -1.25. The minimum absolute atomic E-state index is 0.0548. The zero-order chi connectivity index (χ0) is 26.0. The summed E-state index contributed by atoms with van der Waals surface area (Å²) in [5.41, 5.74) is -0.220. The molecule has 3 atom stereocenters. The molecule has 12 heteroatoms. The standard InChI is InChI=1S/C24H33N5O6S/c1-16(2)13-17(14-21(31)27-11-8-25-9-12-27)23(32)28-10-6-19-22(28)20(30)15-29(19)36(34,35)24(33)18-5-3-4-7-26-18/h3-5,7,16-17,19,22,25H,6,8-15H2,1-2H3. The van der Waals surface area contributed by atoms with Crippen molar-refractivity contribution in [1.29, 1.82) is 0 Å². The summed E-state index contributed by atoms with van der Waals surface area (Å²) < 4.78 is 27.2. The average molecular weight is 520 g/mol. The third-order valence-corrected chi connectivity index (χ3v) is 8.77. The Hall–Kier alpha value is -2.70. The van der Waals surface area contributed by atoms with Crippen LogP contribution in [0.3, 0.4) is 0 Å². The van der Waals surface area contributed by atoms with Gasteiger partial charge in [0.15, 0.2) is 5.78 Å². The lowest BCUT2D eigenvalue weighted by Crippen LogP contribution is -2.49. The van der Waals surface area contributed by atoms with Gasteiger partial charge in [0.1, 0.15) is 11.7 Å². The van der Waals surface area contributed by atoms with Gasteiger partial charge >= 0.3 is 5.12 Å². The van der Waals surface area contributed by atoms with Gasteiger partial charge in [0.2, 0.25) is 11.8 Å². The third kappa shape index (κ3) is 5.21. The van der Waals surface area contributed by atoms with E-state index in [9.17, 15) is 27.6 Å². The van der Waals surface area contributed by atoms with Crippen molar-refractivity contribution < 1.29 is 27.6 Å². The van der Waals surface area contributed by atoms with Gasteiger partial charge in [-0.25, -0.2) is 8.42 Å². The first kappa shape index (κ1) is 26.4. The normalized spacial score (nSPS) is 23.7. The number of pyridine rings is 1. The van der Waals surface area contributed by atoms with Crippen molar-refractivity contribution in [3.05, 3.63) is 30.1 Å². The van der Waals surface area contributed by atoms with Crippen LogP contribution in [0.15, 0.2) is 24.4 Å². The zero-order valence-electron chi connectivity index (χ0n) is 20.6. The van der Waals surface area contributed by atoms with E-state index in [0.29, 0.717) is 32.6 Å². The second-order valence-corrected chi connectivity index (χ2v) is 11.8. The van der Waals surface area contributed by atoms with Gasteiger partial charge in [0.25, 0.3) is 10.0 Å². The van der Waals surface area contributed by atoms with Gasteiger partial charge < -0.3 is 15.1 Å². The van der Waals surface area contributed by atoms with E-state index in [1.54, 1.807) is 11.0 Å². The predicted molar refractivity (Wildman–Crippen MR) is 130 cm³/mol. The molecule has 3 aliphatic heterocycles. The molecule has 3 aliphatic rings. The quantitative estimate of drug-likeness (QED) is 0.527. The van der Waals surface area contributed by atoms with Crippen molar-refractivity contribution in [2.45, 2.75) is 45.2 Å². The van der Waals surface area contributed by atoms with Crippen LogP contribution in [0.25, 0.3) is 0 Å². The number of nitrogens with one attached hydrogen (secondary N) is 1. The highest BCUT2D eigenvalue weighted by atomic mass is 32.2. The molecule has 4 rings (SSSR count). The Morgan fingerprint density at radius 3 is 2.50 bits per heavy atom. The molecule has 4 heterocycles. The molecule has 0 spiro atoms. The molecule has 3 fully saturated rings. The molecule has 0 saturated carbocycles. The highest BCUT2D eigenvalue weighted by molar-refractivity contribution is 8.04. The van der Waals surface area contributed by atoms with Crippen molar-refractivity contribution in [2.75, 3.05) is 39.3 Å². The zero-order valence-corrected chi connectivity index (χ0v) is 21.4. The van der Waals surface area contributed by atoms with Gasteiger partial charge in [-0.1, -0.05) is 19.9 Å². The maximum absolute atomic E-state index is 13.6. The first-order valence-electron chi connectivity index (χ1n) is 12.4. The molecule has 3 saturated heterocycles. The van der Waals surface area contributed by atoms with Crippen LogP contribution in [-0.2, 0) is 24.4 Å². The van der Waals surface area contributed by atoms with E-state index >= 15 is 0 Å². The van der Waals surface area contributed by atoms with Crippen molar-refractivity contribution in [2.24, 2.45) is 11.8 Å². The maximum atomic E-state index is 13.6. The lowest BCUT2D eigenvalue weighted by molar-refractivity contribution is -0.144. The summed E-state index contributed by atoms with van der Waals surface area (Å²) in [4.78, 5) is 59.3. The van der Waals surface area contributed by atoms with Crippen LogP contribution in [0.1, 0.15) is 43.6 Å². The number of nitrogens with zero attached hydrogens (tertiary/aromatic N) is 4. The van der Waals surface area contributed by atoms with Gasteiger partial charge in [0, 0.05) is 51.3 Å². The second kappa shape index (κ2) is 10.7. The van der Waals surface area contributed by atoms with Gasteiger partial charge in [0.05, 0.1) is 12.6 Å². The number of amides is 2. The molecule has 1 N–H and O–H groups in total. The Balaban J connectivity index is 1.51. The number of fused-ring (bicyclic) bond motifs is 1. The molecule has 11 nitrogen and oxygen atoms in total. The SMILES string of the molecule is CC(C)CC(CC(=O)N1CCNCC1)C(=O)N1CCC2C1C(=O)CN2S(=O)(=O)C(=O)c1ccccn1. The van der Waals surface area contributed by atoms with Gasteiger partial charge in [-0.2, -0.15) is 4.31 Å². The highest BCUT2D eigenvalue weighted by Crippen LogP contribution is 2.34. The van der Waals surface area contributed by atoms with Gasteiger partial charge in [-0.15, -0.1) is 0 Å². The number of hydrogen-bond acceptors (Lipinski definition) is 8. The molecule has 0 bridgehead atoms.